The van der Waals surface area contributed by atoms with Crippen LogP contribution in [-0.2, 0) is 14.6 Å². The standard InChI is InChI=1S/C15H19ClO4S.Na/c1-21(19,20)14-7-6-11(9-13(14)16)12(15(17)18)8-10-4-2-3-5-10;/h6-7,9-10,12H,2-5,8H2,1H3,(H,17,18);/t12-;/m1./s1. The molecule has 0 aliphatic heterocycles. The molecule has 2 rings (SSSR count). The van der Waals surface area contributed by atoms with Crippen molar-refractivity contribution in [2.24, 2.45) is 5.92 Å². The van der Waals surface area contributed by atoms with E-state index in [4.69, 9.17) is 11.6 Å². The molecule has 0 spiro atoms. The van der Waals surface area contributed by atoms with Crippen molar-refractivity contribution in [1.29, 1.82) is 0 Å². The summed E-state index contributed by atoms with van der Waals surface area (Å²) in [6.07, 6.45) is 6.12. The molecule has 0 heterocycles. The van der Waals surface area contributed by atoms with Gasteiger partial charge in [-0.15, -0.1) is 0 Å². The SMILES string of the molecule is CS(=O)(=O)c1ccc([C@@H](CC2CCCC2)C(=O)O)cc1Cl.[Na]. The Balaban J connectivity index is 0.00000242. The molecule has 0 saturated heterocycles. The first-order valence-corrected chi connectivity index (χ1v) is 9.28. The predicted octanol–water partition coefficient (Wildman–Crippen LogP) is 3.11. The molecule has 22 heavy (non-hydrogen) atoms. The summed E-state index contributed by atoms with van der Waals surface area (Å²) in [7, 11) is -3.40. The molecular weight excluding hydrogens is 335 g/mol. The van der Waals surface area contributed by atoms with Crippen LogP contribution in [0.3, 0.4) is 0 Å². The summed E-state index contributed by atoms with van der Waals surface area (Å²) < 4.78 is 23.1. The van der Waals surface area contributed by atoms with E-state index in [1.54, 1.807) is 6.07 Å². The van der Waals surface area contributed by atoms with E-state index < -0.39 is 21.7 Å². The van der Waals surface area contributed by atoms with Crippen molar-refractivity contribution < 1.29 is 18.3 Å². The summed E-state index contributed by atoms with van der Waals surface area (Å²) in [6, 6.07) is 4.44. The summed E-state index contributed by atoms with van der Waals surface area (Å²) in [6.45, 7) is 0. The number of carboxylic acid groups (broad SMARTS) is 1. The van der Waals surface area contributed by atoms with Gasteiger partial charge in [-0.2, -0.15) is 0 Å². The van der Waals surface area contributed by atoms with Gasteiger partial charge in [-0.3, -0.25) is 4.79 Å². The zero-order valence-electron chi connectivity index (χ0n) is 12.9. The van der Waals surface area contributed by atoms with Gasteiger partial charge in [0.25, 0.3) is 0 Å². The molecule has 1 aromatic rings. The van der Waals surface area contributed by atoms with E-state index in [2.05, 4.69) is 0 Å². The number of sulfone groups is 1. The predicted molar refractivity (Wildman–Crippen MR) is 87.3 cm³/mol. The minimum absolute atomic E-state index is 0. The van der Waals surface area contributed by atoms with Gasteiger partial charge in [0.1, 0.15) is 0 Å². The van der Waals surface area contributed by atoms with E-state index in [1.807, 2.05) is 0 Å². The number of rotatable bonds is 5. The summed E-state index contributed by atoms with van der Waals surface area (Å²) >= 11 is 6.01. The number of benzene rings is 1. The molecule has 1 aliphatic carbocycles. The first-order chi connectivity index (χ1) is 9.79. The fourth-order valence-electron chi connectivity index (χ4n) is 2.99. The van der Waals surface area contributed by atoms with E-state index in [-0.39, 0.29) is 39.5 Å². The maximum Gasteiger partial charge on any atom is 0.310 e. The van der Waals surface area contributed by atoms with Crippen molar-refractivity contribution in [2.75, 3.05) is 6.26 Å². The molecule has 1 saturated carbocycles. The van der Waals surface area contributed by atoms with E-state index >= 15 is 0 Å². The van der Waals surface area contributed by atoms with Crippen molar-refractivity contribution in [1.82, 2.24) is 0 Å². The van der Waals surface area contributed by atoms with Gasteiger partial charge in [0.05, 0.1) is 15.8 Å². The second kappa shape index (κ2) is 8.15. The topological polar surface area (TPSA) is 71.4 Å². The third kappa shape index (κ3) is 4.96. The summed E-state index contributed by atoms with van der Waals surface area (Å²) in [5.41, 5.74) is 0.576. The molecule has 4 nitrogen and oxygen atoms in total. The summed E-state index contributed by atoms with van der Waals surface area (Å²) in [5, 5.41) is 9.54. The van der Waals surface area contributed by atoms with Gasteiger partial charge in [-0.05, 0) is 30.0 Å². The van der Waals surface area contributed by atoms with Crippen LogP contribution >= 0.6 is 11.6 Å². The third-order valence-corrected chi connectivity index (χ3v) is 5.68. The molecular formula is C15H19ClNaO4S. The second-order valence-electron chi connectivity index (χ2n) is 5.74. The van der Waals surface area contributed by atoms with Gasteiger partial charge in [0, 0.05) is 35.8 Å². The van der Waals surface area contributed by atoms with Crippen molar-refractivity contribution >= 4 is 57.0 Å². The smallest absolute Gasteiger partial charge is 0.310 e. The van der Waals surface area contributed by atoms with Gasteiger partial charge < -0.3 is 5.11 Å². The molecule has 1 N–H and O–H groups in total. The second-order valence-corrected chi connectivity index (χ2v) is 8.13. The molecule has 0 amide bonds. The van der Waals surface area contributed by atoms with Crippen LogP contribution in [0.4, 0.5) is 0 Å². The van der Waals surface area contributed by atoms with E-state index in [1.165, 1.54) is 12.1 Å². The van der Waals surface area contributed by atoms with Crippen LogP contribution in [0.15, 0.2) is 23.1 Å². The Bertz CT molecular complexity index is 639. The Kier molecular flexibility index (Phi) is 7.40. The molecule has 0 bridgehead atoms. The van der Waals surface area contributed by atoms with Crippen molar-refractivity contribution in [3.05, 3.63) is 28.8 Å². The van der Waals surface area contributed by atoms with Crippen molar-refractivity contribution in [3.8, 4) is 0 Å². The first-order valence-electron chi connectivity index (χ1n) is 7.01. The average Bonchev–Trinajstić information content (AvgIpc) is 2.86. The van der Waals surface area contributed by atoms with Gasteiger partial charge in [0.15, 0.2) is 9.84 Å². The van der Waals surface area contributed by atoms with Crippen LogP contribution in [0, 0.1) is 5.92 Å². The Morgan fingerprint density at radius 2 is 1.95 bits per heavy atom. The number of aliphatic carboxylic acids is 1. The molecule has 7 heteroatoms. The first kappa shape index (κ1) is 20.0. The Morgan fingerprint density at radius 1 is 1.36 bits per heavy atom. The molecule has 1 aromatic carbocycles. The summed E-state index contributed by atoms with van der Waals surface area (Å²) in [4.78, 5) is 11.6. The maximum absolute atomic E-state index is 11.5. The number of hydrogen-bond acceptors (Lipinski definition) is 3. The maximum atomic E-state index is 11.5. The average molecular weight is 354 g/mol. The number of hydrogen-bond donors (Lipinski definition) is 1. The third-order valence-electron chi connectivity index (χ3n) is 4.10. The fraction of sp³-hybridized carbons (Fsp3) is 0.533. The Hall–Kier alpha value is -0.0700. The molecule has 0 unspecified atom stereocenters. The van der Waals surface area contributed by atoms with Crippen LogP contribution in [-0.4, -0.2) is 55.3 Å². The van der Waals surface area contributed by atoms with Crippen molar-refractivity contribution in [3.63, 3.8) is 0 Å². The molecule has 1 fully saturated rings. The van der Waals surface area contributed by atoms with Gasteiger partial charge >= 0.3 is 5.97 Å². The molecule has 117 valence electrons. The summed E-state index contributed by atoms with van der Waals surface area (Å²) in [5.74, 6) is -1.08. The zero-order chi connectivity index (χ0) is 15.6. The molecule has 0 aromatic heterocycles. The zero-order valence-corrected chi connectivity index (χ0v) is 16.5. The minimum atomic E-state index is -3.40. The Labute approximate surface area is 158 Å². The monoisotopic (exact) mass is 353 g/mol. The van der Waals surface area contributed by atoms with Crippen molar-refractivity contribution in [2.45, 2.75) is 42.9 Å². The van der Waals surface area contributed by atoms with Gasteiger partial charge in [-0.1, -0.05) is 43.4 Å². The van der Waals surface area contributed by atoms with Gasteiger partial charge in [-0.25, -0.2) is 8.42 Å². The number of carbonyl (C=O) groups is 1. The van der Waals surface area contributed by atoms with Gasteiger partial charge in [0.2, 0.25) is 0 Å². The van der Waals surface area contributed by atoms with E-state index in [0.717, 1.165) is 31.9 Å². The van der Waals surface area contributed by atoms with Crippen LogP contribution in [0.2, 0.25) is 5.02 Å². The quantitative estimate of drug-likeness (QED) is 0.825. The van der Waals surface area contributed by atoms with E-state index in [0.29, 0.717) is 17.9 Å². The van der Waals surface area contributed by atoms with Crippen LogP contribution in [0.5, 0.6) is 0 Å². The Morgan fingerprint density at radius 3 is 2.41 bits per heavy atom. The molecule has 1 atom stereocenters. The minimum Gasteiger partial charge on any atom is -0.481 e. The van der Waals surface area contributed by atoms with Crippen LogP contribution in [0.25, 0.3) is 0 Å². The number of carboxylic acids is 1. The molecule has 1 radical (unpaired) electrons. The molecule has 1 aliphatic rings. The van der Waals surface area contributed by atoms with E-state index in [9.17, 15) is 18.3 Å². The van der Waals surface area contributed by atoms with Crippen LogP contribution < -0.4 is 0 Å². The fourth-order valence-corrected chi connectivity index (χ4v) is 4.33. The largest absolute Gasteiger partial charge is 0.481 e. The normalized spacial score (nSPS) is 17.0. The number of halogens is 1. The van der Waals surface area contributed by atoms with Crippen LogP contribution in [0.1, 0.15) is 43.6 Å².